The first-order valence-electron chi connectivity index (χ1n) is 8.12. The van der Waals surface area contributed by atoms with Gasteiger partial charge in [-0.25, -0.2) is 9.97 Å². The smallest absolute Gasteiger partial charge is 0.228 e. The van der Waals surface area contributed by atoms with Gasteiger partial charge < -0.3 is 0 Å². The molecule has 4 aromatic rings. The highest BCUT2D eigenvalue weighted by Gasteiger charge is 2.30. The molecule has 0 aliphatic heterocycles. The zero-order valence-corrected chi connectivity index (χ0v) is 14.6. The molecule has 0 fully saturated rings. The Morgan fingerprint density at radius 1 is 0.741 bits per heavy atom. The predicted molar refractivity (Wildman–Crippen MR) is 100 cm³/mol. The zero-order chi connectivity index (χ0) is 19.0. The summed E-state index contributed by atoms with van der Waals surface area (Å²) in [5.74, 6) is 0.231. The molecule has 0 bridgehead atoms. The van der Waals surface area contributed by atoms with E-state index in [4.69, 9.17) is 11.6 Å². The molecule has 0 radical (unpaired) electrons. The molecule has 3 aromatic carbocycles. The Morgan fingerprint density at radius 3 is 2.22 bits per heavy atom. The first kappa shape index (κ1) is 17.5. The van der Waals surface area contributed by atoms with Gasteiger partial charge in [0, 0.05) is 21.5 Å². The second kappa shape index (κ2) is 6.67. The van der Waals surface area contributed by atoms with Gasteiger partial charge in [-0.3, -0.25) is 0 Å². The second-order valence-corrected chi connectivity index (χ2v) is 6.44. The summed E-state index contributed by atoms with van der Waals surface area (Å²) in [5.41, 5.74) is 1.64. The molecule has 27 heavy (non-hydrogen) atoms. The molecule has 0 unspecified atom stereocenters. The van der Waals surface area contributed by atoms with Crippen molar-refractivity contribution < 1.29 is 13.2 Å². The van der Waals surface area contributed by atoms with Crippen LogP contribution in [0.5, 0.6) is 0 Å². The number of fused-ring (bicyclic) bond motifs is 1. The van der Waals surface area contributed by atoms with Crippen LogP contribution in [0.1, 0.15) is 5.56 Å². The highest BCUT2D eigenvalue weighted by molar-refractivity contribution is 6.31. The van der Waals surface area contributed by atoms with Gasteiger partial charge in [-0.1, -0.05) is 54.1 Å². The number of halogens is 4. The molecule has 0 amide bonds. The first-order valence-corrected chi connectivity index (χ1v) is 8.50. The third-order valence-corrected chi connectivity index (χ3v) is 4.39. The van der Waals surface area contributed by atoms with Crippen LogP contribution in [0.25, 0.3) is 33.5 Å². The molecule has 1 heterocycles. The van der Waals surface area contributed by atoms with E-state index in [1.165, 1.54) is 6.07 Å². The van der Waals surface area contributed by atoms with Crippen LogP contribution >= 0.6 is 11.6 Å². The molecule has 6 heteroatoms. The van der Waals surface area contributed by atoms with Crippen LogP contribution in [-0.2, 0) is 6.18 Å². The maximum Gasteiger partial charge on any atom is 0.416 e. The Bertz CT molecular complexity index is 1130. The molecular weight excluding hydrogens is 373 g/mol. The SMILES string of the molecule is FC(F)(F)c1cccc(-c2nc(-c3ccccc3)c3cc(Cl)ccc3n2)c1. The summed E-state index contributed by atoms with van der Waals surface area (Å²) in [6.45, 7) is 0. The maximum absolute atomic E-state index is 13.1. The van der Waals surface area contributed by atoms with Gasteiger partial charge in [-0.2, -0.15) is 13.2 Å². The average molecular weight is 385 g/mol. The van der Waals surface area contributed by atoms with Crippen molar-refractivity contribution in [1.29, 1.82) is 0 Å². The molecule has 0 spiro atoms. The van der Waals surface area contributed by atoms with E-state index in [2.05, 4.69) is 9.97 Å². The quantitative estimate of drug-likeness (QED) is 0.387. The molecule has 4 rings (SSSR count). The van der Waals surface area contributed by atoms with E-state index in [1.54, 1.807) is 24.3 Å². The Kier molecular flexibility index (Phi) is 4.32. The van der Waals surface area contributed by atoms with Crippen molar-refractivity contribution in [3.05, 3.63) is 83.4 Å². The summed E-state index contributed by atoms with van der Waals surface area (Å²) in [7, 11) is 0. The predicted octanol–water partition coefficient (Wildman–Crippen LogP) is 6.64. The normalized spacial score (nSPS) is 11.7. The zero-order valence-electron chi connectivity index (χ0n) is 13.8. The minimum atomic E-state index is -4.43. The van der Waals surface area contributed by atoms with Crippen LogP contribution in [-0.4, -0.2) is 9.97 Å². The fourth-order valence-corrected chi connectivity index (χ4v) is 3.05. The summed E-state index contributed by atoms with van der Waals surface area (Å²) < 4.78 is 39.2. The lowest BCUT2D eigenvalue weighted by Gasteiger charge is -2.11. The molecule has 0 saturated heterocycles. The van der Waals surface area contributed by atoms with Crippen LogP contribution in [0.15, 0.2) is 72.8 Å². The number of hydrogen-bond donors (Lipinski definition) is 0. The Labute approximate surface area is 158 Å². The van der Waals surface area contributed by atoms with Gasteiger partial charge in [-0.05, 0) is 30.3 Å². The highest BCUT2D eigenvalue weighted by Crippen LogP contribution is 2.34. The van der Waals surface area contributed by atoms with Gasteiger partial charge in [-0.15, -0.1) is 0 Å². The maximum atomic E-state index is 13.1. The van der Waals surface area contributed by atoms with Crippen molar-refractivity contribution in [2.45, 2.75) is 6.18 Å². The van der Waals surface area contributed by atoms with Gasteiger partial charge in [0.1, 0.15) is 0 Å². The molecule has 1 aromatic heterocycles. The third kappa shape index (κ3) is 3.51. The van der Waals surface area contributed by atoms with Crippen molar-refractivity contribution in [2.75, 3.05) is 0 Å². The molecule has 2 nitrogen and oxygen atoms in total. The third-order valence-electron chi connectivity index (χ3n) is 4.15. The average Bonchev–Trinajstić information content (AvgIpc) is 2.67. The summed E-state index contributed by atoms with van der Waals surface area (Å²) in [6, 6.07) is 19.6. The molecule has 0 aliphatic carbocycles. The summed E-state index contributed by atoms with van der Waals surface area (Å²) >= 11 is 6.13. The monoisotopic (exact) mass is 384 g/mol. The molecule has 134 valence electrons. The number of aromatic nitrogens is 2. The second-order valence-electron chi connectivity index (χ2n) is 6.00. The summed E-state index contributed by atoms with van der Waals surface area (Å²) in [4.78, 5) is 9.03. The Hall–Kier alpha value is -2.92. The van der Waals surface area contributed by atoms with Crippen molar-refractivity contribution >= 4 is 22.5 Å². The topological polar surface area (TPSA) is 25.8 Å². The number of benzene rings is 3. The fraction of sp³-hybridized carbons (Fsp3) is 0.0476. The van der Waals surface area contributed by atoms with Gasteiger partial charge >= 0.3 is 6.18 Å². The van der Waals surface area contributed by atoms with Crippen molar-refractivity contribution in [2.24, 2.45) is 0 Å². The number of alkyl halides is 3. The number of rotatable bonds is 2. The van der Waals surface area contributed by atoms with Gasteiger partial charge in [0.2, 0.25) is 0 Å². The van der Waals surface area contributed by atoms with E-state index in [0.717, 1.165) is 23.1 Å². The van der Waals surface area contributed by atoms with Crippen LogP contribution in [0.3, 0.4) is 0 Å². The van der Waals surface area contributed by atoms with Gasteiger partial charge in [0.25, 0.3) is 0 Å². The first-order chi connectivity index (χ1) is 12.9. The van der Waals surface area contributed by atoms with Crippen LogP contribution in [0.2, 0.25) is 5.02 Å². The van der Waals surface area contributed by atoms with Crippen molar-refractivity contribution in [3.63, 3.8) is 0 Å². The van der Waals surface area contributed by atoms with E-state index < -0.39 is 11.7 Å². The van der Waals surface area contributed by atoms with Crippen molar-refractivity contribution in [3.8, 4) is 22.6 Å². The van der Waals surface area contributed by atoms with Gasteiger partial charge in [0.05, 0.1) is 16.8 Å². The van der Waals surface area contributed by atoms with Crippen LogP contribution < -0.4 is 0 Å². The molecule has 0 saturated carbocycles. The lowest BCUT2D eigenvalue weighted by atomic mass is 10.0. The summed E-state index contributed by atoms with van der Waals surface area (Å²) in [6.07, 6.45) is -4.43. The minimum absolute atomic E-state index is 0.231. The fourth-order valence-electron chi connectivity index (χ4n) is 2.88. The van der Waals surface area contributed by atoms with Crippen LogP contribution in [0, 0.1) is 0 Å². The Balaban J connectivity index is 1.97. The minimum Gasteiger partial charge on any atom is -0.228 e. The largest absolute Gasteiger partial charge is 0.416 e. The van der Waals surface area contributed by atoms with Crippen LogP contribution in [0.4, 0.5) is 13.2 Å². The Morgan fingerprint density at radius 2 is 1.48 bits per heavy atom. The standard InChI is InChI=1S/C21H12ClF3N2/c22-16-9-10-18-17(12-16)19(13-5-2-1-3-6-13)27-20(26-18)14-7-4-8-15(11-14)21(23,24)25/h1-12H. The lowest BCUT2D eigenvalue weighted by molar-refractivity contribution is -0.137. The van der Waals surface area contributed by atoms with Gasteiger partial charge in [0.15, 0.2) is 5.82 Å². The number of hydrogen-bond acceptors (Lipinski definition) is 2. The summed E-state index contributed by atoms with van der Waals surface area (Å²) in [5, 5.41) is 1.28. The molecule has 0 aliphatic rings. The molecule has 0 atom stereocenters. The van der Waals surface area contributed by atoms with E-state index in [-0.39, 0.29) is 5.82 Å². The van der Waals surface area contributed by atoms with E-state index in [0.29, 0.717) is 21.8 Å². The van der Waals surface area contributed by atoms with E-state index in [9.17, 15) is 13.2 Å². The number of nitrogens with zero attached hydrogens (tertiary/aromatic N) is 2. The molecular formula is C21H12ClF3N2. The highest BCUT2D eigenvalue weighted by atomic mass is 35.5. The van der Waals surface area contributed by atoms with E-state index >= 15 is 0 Å². The van der Waals surface area contributed by atoms with Crippen molar-refractivity contribution in [1.82, 2.24) is 9.97 Å². The van der Waals surface area contributed by atoms with E-state index in [1.807, 2.05) is 30.3 Å². The lowest BCUT2D eigenvalue weighted by Crippen LogP contribution is -2.05. The molecule has 0 N–H and O–H groups in total.